The number of carbonyl (C=O) groups is 2. The van der Waals surface area contributed by atoms with Gasteiger partial charge in [0.05, 0.1) is 28.8 Å². The lowest BCUT2D eigenvalue weighted by atomic mass is 9.41. The second-order valence-electron chi connectivity index (χ2n) is 13.6. The molecule has 6 aliphatic rings. The van der Waals surface area contributed by atoms with E-state index in [4.69, 9.17) is 18.9 Å². The molecule has 0 radical (unpaired) electrons. The molecule has 10 heteroatoms. The van der Waals surface area contributed by atoms with E-state index in [1.165, 1.54) is 7.11 Å². The summed E-state index contributed by atoms with van der Waals surface area (Å²) in [5.41, 5.74) is -2.77. The maximum Gasteiger partial charge on any atom is 0.331 e. The van der Waals surface area contributed by atoms with Gasteiger partial charge < -0.3 is 44.2 Å². The molecule has 0 unspecified atom stereocenters. The van der Waals surface area contributed by atoms with Crippen LogP contribution in [0, 0.1) is 28.6 Å². The van der Waals surface area contributed by atoms with Crippen LogP contribution in [0.4, 0.5) is 0 Å². The predicted octanol–water partition coefficient (Wildman–Crippen LogP) is 1.40. The Bertz CT molecular complexity index is 1060. The highest BCUT2D eigenvalue weighted by atomic mass is 16.7. The van der Waals surface area contributed by atoms with Crippen LogP contribution in [0.15, 0.2) is 11.6 Å². The van der Waals surface area contributed by atoms with Gasteiger partial charge in [0, 0.05) is 25.0 Å². The number of aliphatic hydroxyl groups is 4. The molecule has 13 atom stereocenters. The van der Waals surface area contributed by atoms with Gasteiger partial charge in [0.15, 0.2) is 6.29 Å². The van der Waals surface area contributed by atoms with E-state index >= 15 is 0 Å². The van der Waals surface area contributed by atoms with E-state index in [0.29, 0.717) is 44.9 Å². The molecule has 224 valence electrons. The Kier molecular flexibility index (Phi) is 7.05. The average Bonchev–Trinajstić information content (AvgIpc) is 3.46. The molecule has 4 aliphatic carbocycles. The summed E-state index contributed by atoms with van der Waals surface area (Å²) < 4.78 is 22.4. The molecule has 40 heavy (non-hydrogen) atoms. The summed E-state index contributed by atoms with van der Waals surface area (Å²) in [6.45, 7) is 4.10. The van der Waals surface area contributed by atoms with Gasteiger partial charge in [-0.15, -0.1) is 0 Å². The van der Waals surface area contributed by atoms with E-state index in [9.17, 15) is 30.0 Å². The lowest BCUT2D eigenvalue weighted by Crippen LogP contribution is -2.69. The summed E-state index contributed by atoms with van der Waals surface area (Å²) in [4.78, 5) is 24.8. The summed E-state index contributed by atoms with van der Waals surface area (Å²) in [6.07, 6.45) is 2.28. The van der Waals surface area contributed by atoms with Crippen LogP contribution in [0.25, 0.3) is 0 Å². The summed E-state index contributed by atoms with van der Waals surface area (Å²) in [7, 11) is 1.42. The van der Waals surface area contributed by atoms with Crippen molar-refractivity contribution in [2.45, 2.75) is 120 Å². The number of carbonyl (C=O) groups excluding carboxylic acids is 2. The van der Waals surface area contributed by atoms with Crippen molar-refractivity contribution in [2.24, 2.45) is 28.6 Å². The van der Waals surface area contributed by atoms with E-state index in [2.05, 4.69) is 6.92 Å². The van der Waals surface area contributed by atoms with Gasteiger partial charge >= 0.3 is 5.97 Å². The quantitative estimate of drug-likeness (QED) is 0.219. The third-order valence-corrected chi connectivity index (χ3v) is 12.2. The number of esters is 1. The third kappa shape index (κ3) is 3.86. The van der Waals surface area contributed by atoms with Gasteiger partial charge in [-0.2, -0.15) is 0 Å². The van der Waals surface area contributed by atoms with Gasteiger partial charge in [-0.05, 0) is 81.6 Å². The fourth-order valence-electron chi connectivity index (χ4n) is 10.0. The normalized spacial score (nSPS) is 54.1. The largest absolute Gasteiger partial charge is 0.458 e. The molecule has 0 aromatic rings. The fraction of sp³-hybridized carbons (Fsp3) is 0.867. The van der Waals surface area contributed by atoms with Crippen molar-refractivity contribution < 1.29 is 49.0 Å². The van der Waals surface area contributed by atoms with Crippen molar-refractivity contribution in [3.8, 4) is 0 Å². The monoisotopic (exact) mass is 564 g/mol. The number of fused-ring (bicyclic) bond motifs is 5. The van der Waals surface area contributed by atoms with Crippen molar-refractivity contribution in [2.75, 3.05) is 13.7 Å². The maximum atomic E-state index is 13.0. The van der Waals surface area contributed by atoms with Crippen LogP contribution in [-0.4, -0.2) is 94.4 Å². The summed E-state index contributed by atoms with van der Waals surface area (Å²) in [5, 5.41) is 45.6. The minimum atomic E-state index is -1.30. The predicted molar refractivity (Wildman–Crippen MR) is 140 cm³/mol. The van der Waals surface area contributed by atoms with Gasteiger partial charge in [-0.25, -0.2) is 4.79 Å². The topological polar surface area (TPSA) is 152 Å². The lowest BCUT2D eigenvalue weighted by molar-refractivity contribution is -0.319. The summed E-state index contributed by atoms with van der Waals surface area (Å²) in [5.74, 6) is -0.563. The number of rotatable bonds is 5. The number of aldehydes is 1. The minimum absolute atomic E-state index is 0.0563. The SMILES string of the molecule is CO[C@H]1[C@H](O)[C@@H](O[C@H]2CC[C@]3(C=O)[C@H]4CC[C@]5(C)[C@@H](C6=CC(=O)OC6)CC[C@]5(O)[C@@H]4CC[C@]3(O)C2)O[C@@H](C)[C@@H]1O. The van der Waals surface area contributed by atoms with Crippen molar-refractivity contribution >= 4 is 12.3 Å². The average molecular weight is 565 g/mol. The van der Waals surface area contributed by atoms with Crippen molar-refractivity contribution in [1.29, 1.82) is 0 Å². The van der Waals surface area contributed by atoms with Crippen LogP contribution >= 0.6 is 0 Å². The number of aliphatic hydroxyl groups excluding tert-OH is 2. The Balaban J connectivity index is 1.22. The molecule has 10 nitrogen and oxygen atoms in total. The molecule has 4 N–H and O–H groups in total. The molecule has 0 aromatic heterocycles. The highest BCUT2D eigenvalue weighted by Crippen LogP contribution is 2.70. The zero-order valence-electron chi connectivity index (χ0n) is 23.7. The van der Waals surface area contributed by atoms with Gasteiger partial charge in [-0.3, -0.25) is 0 Å². The number of hydrogen-bond acceptors (Lipinski definition) is 10. The van der Waals surface area contributed by atoms with E-state index < -0.39 is 58.8 Å². The molecule has 0 amide bonds. The molecule has 0 aromatic carbocycles. The fourth-order valence-corrected chi connectivity index (χ4v) is 10.0. The zero-order valence-corrected chi connectivity index (χ0v) is 23.7. The highest BCUT2D eigenvalue weighted by molar-refractivity contribution is 5.85. The molecular formula is C30H44O10. The molecule has 6 rings (SSSR count). The number of hydrogen-bond donors (Lipinski definition) is 4. The first kappa shape index (κ1) is 28.7. The van der Waals surface area contributed by atoms with Crippen LogP contribution in [0.5, 0.6) is 0 Å². The van der Waals surface area contributed by atoms with E-state index in [0.717, 1.165) is 18.3 Å². The van der Waals surface area contributed by atoms with Crippen LogP contribution in [0.3, 0.4) is 0 Å². The first-order valence-corrected chi connectivity index (χ1v) is 14.9. The van der Waals surface area contributed by atoms with Crippen LogP contribution < -0.4 is 0 Å². The van der Waals surface area contributed by atoms with E-state index in [1.807, 2.05) is 0 Å². The van der Waals surface area contributed by atoms with Gasteiger partial charge in [0.2, 0.25) is 0 Å². The van der Waals surface area contributed by atoms with Gasteiger partial charge in [0.25, 0.3) is 0 Å². The zero-order chi connectivity index (χ0) is 28.7. The molecule has 2 aliphatic heterocycles. The Hall–Kier alpha value is -1.40. The number of cyclic esters (lactones) is 1. The molecule has 4 saturated carbocycles. The molecule has 5 fully saturated rings. The third-order valence-electron chi connectivity index (χ3n) is 12.2. The standard InChI is InChI=1S/C30H44O10/c1-16-23(33)25(37-3)24(34)26(39-16)40-18-4-9-28(15-31)20-5-8-27(2)19(17-12-22(32)38-14-17)7-11-30(27,36)21(20)6-10-29(28,35)13-18/h12,15-16,18-21,23-26,33-36H,4-11,13-14H2,1-3H3/t16-,18-,19+,20-,21+,23-,24-,25+,26+,27+,28-,29-,30-/m0/s1. The summed E-state index contributed by atoms with van der Waals surface area (Å²) >= 11 is 0. The van der Waals surface area contributed by atoms with E-state index in [1.54, 1.807) is 13.0 Å². The van der Waals surface area contributed by atoms with Crippen molar-refractivity contribution in [3.05, 3.63) is 11.6 Å². The number of methoxy groups -OCH3 is 1. The molecule has 0 spiro atoms. The molecule has 2 heterocycles. The second kappa shape index (κ2) is 9.82. The van der Waals surface area contributed by atoms with Crippen molar-refractivity contribution in [3.63, 3.8) is 0 Å². The van der Waals surface area contributed by atoms with Gasteiger partial charge in [-0.1, -0.05) is 6.92 Å². The maximum absolute atomic E-state index is 13.0. The minimum Gasteiger partial charge on any atom is -0.458 e. The Morgan fingerprint density at radius 1 is 1.02 bits per heavy atom. The second-order valence-corrected chi connectivity index (χ2v) is 13.6. The van der Waals surface area contributed by atoms with Crippen molar-refractivity contribution in [1.82, 2.24) is 0 Å². The lowest BCUT2D eigenvalue weighted by Gasteiger charge is -2.65. The smallest absolute Gasteiger partial charge is 0.331 e. The Morgan fingerprint density at radius 3 is 2.45 bits per heavy atom. The molecular weight excluding hydrogens is 520 g/mol. The Labute approximate surface area is 235 Å². The highest BCUT2D eigenvalue weighted by Gasteiger charge is 2.71. The van der Waals surface area contributed by atoms with Crippen LogP contribution in [0.2, 0.25) is 0 Å². The first-order valence-electron chi connectivity index (χ1n) is 14.9. The van der Waals surface area contributed by atoms with E-state index in [-0.39, 0.29) is 36.8 Å². The van der Waals surface area contributed by atoms with Crippen LogP contribution in [-0.2, 0) is 28.5 Å². The summed E-state index contributed by atoms with van der Waals surface area (Å²) in [6, 6.07) is 0. The van der Waals surface area contributed by atoms with Gasteiger partial charge in [0.1, 0.15) is 31.2 Å². The Morgan fingerprint density at radius 2 is 1.77 bits per heavy atom. The number of ether oxygens (including phenoxy) is 4. The molecule has 0 bridgehead atoms. The van der Waals surface area contributed by atoms with Crippen LogP contribution in [0.1, 0.15) is 71.6 Å². The molecule has 1 saturated heterocycles. The first-order chi connectivity index (χ1) is 18.9.